The lowest BCUT2D eigenvalue weighted by molar-refractivity contribution is 0.0994. The van der Waals surface area contributed by atoms with Gasteiger partial charge < -0.3 is 20.5 Å². The Labute approximate surface area is 144 Å². The topological polar surface area (TPSA) is 104 Å². The summed E-state index contributed by atoms with van der Waals surface area (Å²) < 4.78 is 0. The normalized spacial score (nSPS) is 15.4. The molecule has 4 rings (SSSR count). The maximum atomic E-state index is 11.1. The van der Waals surface area contributed by atoms with Gasteiger partial charge in [-0.2, -0.15) is 0 Å². The molecule has 0 radical (unpaired) electrons. The van der Waals surface area contributed by atoms with Crippen LogP contribution in [0.15, 0.2) is 36.4 Å². The summed E-state index contributed by atoms with van der Waals surface area (Å²) in [6.45, 7) is 3.44. The fourth-order valence-corrected chi connectivity index (χ4v) is 3.07. The van der Waals surface area contributed by atoms with Crippen LogP contribution in [-0.2, 0) is 0 Å². The first-order valence-electron chi connectivity index (χ1n) is 8.29. The first kappa shape index (κ1) is 15.4. The molecule has 1 aliphatic heterocycles. The average molecular weight is 337 g/mol. The van der Waals surface area contributed by atoms with E-state index in [2.05, 4.69) is 30.0 Å². The first-order chi connectivity index (χ1) is 12.2. The second kappa shape index (κ2) is 6.39. The number of primary amides is 1. The molecule has 1 aliphatic rings. The molecule has 0 saturated carbocycles. The van der Waals surface area contributed by atoms with E-state index in [-0.39, 0.29) is 5.69 Å². The molecular formula is C17H19N7O. The number of fused-ring (bicyclic) bond motifs is 1. The van der Waals surface area contributed by atoms with Crippen molar-refractivity contribution in [1.29, 1.82) is 0 Å². The number of para-hydroxylation sites is 2. The van der Waals surface area contributed by atoms with Crippen LogP contribution < -0.4 is 15.5 Å². The van der Waals surface area contributed by atoms with Crippen LogP contribution in [0.5, 0.6) is 0 Å². The molecule has 2 aromatic heterocycles. The zero-order chi connectivity index (χ0) is 17.2. The summed E-state index contributed by atoms with van der Waals surface area (Å²) in [5, 5.41) is 8.02. The van der Waals surface area contributed by atoms with Gasteiger partial charge in [0.15, 0.2) is 11.5 Å². The third-order valence-corrected chi connectivity index (χ3v) is 4.40. The van der Waals surface area contributed by atoms with E-state index in [1.54, 1.807) is 12.1 Å². The quantitative estimate of drug-likeness (QED) is 0.743. The minimum Gasteiger partial charge on any atom is -0.364 e. The zero-order valence-electron chi connectivity index (χ0n) is 13.7. The number of amides is 1. The van der Waals surface area contributed by atoms with Crippen molar-refractivity contribution < 1.29 is 4.79 Å². The Morgan fingerprint density at radius 1 is 1.00 bits per heavy atom. The molecule has 0 unspecified atom stereocenters. The molecule has 1 saturated heterocycles. The van der Waals surface area contributed by atoms with Gasteiger partial charge in [-0.25, -0.2) is 4.98 Å². The van der Waals surface area contributed by atoms with E-state index in [1.807, 2.05) is 24.3 Å². The number of hydrogen-bond acceptors (Lipinski definition) is 6. The standard InChI is InChI=1S/C17H19N7O/c18-16(25)14-6-7-15(22-21-14)23-8-3-9-24(11-10-23)17-19-12-4-1-2-5-13(12)20-17/h1-2,4-7H,3,8-11H2,(H2,18,25)(H,19,20). The van der Waals surface area contributed by atoms with Gasteiger partial charge in [0.25, 0.3) is 5.91 Å². The highest BCUT2D eigenvalue weighted by Crippen LogP contribution is 2.20. The number of imidazole rings is 1. The van der Waals surface area contributed by atoms with Gasteiger partial charge in [0, 0.05) is 26.2 Å². The van der Waals surface area contributed by atoms with Crippen LogP contribution in [0.25, 0.3) is 11.0 Å². The summed E-state index contributed by atoms with van der Waals surface area (Å²) in [6, 6.07) is 11.5. The smallest absolute Gasteiger partial charge is 0.269 e. The van der Waals surface area contributed by atoms with Crippen LogP contribution >= 0.6 is 0 Å². The Morgan fingerprint density at radius 2 is 1.80 bits per heavy atom. The minimum absolute atomic E-state index is 0.183. The van der Waals surface area contributed by atoms with Crippen LogP contribution in [0.2, 0.25) is 0 Å². The van der Waals surface area contributed by atoms with Crippen LogP contribution in [0.1, 0.15) is 16.9 Å². The van der Waals surface area contributed by atoms with Gasteiger partial charge in [0.2, 0.25) is 5.95 Å². The lowest BCUT2D eigenvalue weighted by Crippen LogP contribution is -2.32. The molecule has 1 aromatic carbocycles. The predicted octanol–water partition coefficient (Wildman–Crippen LogP) is 1.17. The first-order valence-corrected chi connectivity index (χ1v) is 8.29. The SMILES string of the molecule is NC(=O)c1ccc(N2CCCN(c3nc4ccccc4[nH]3)CC2)nn1. The summed E-state index contributed by atoms with van der Waals surface area (Å²) in [6.07, 6.45) is 0.982. The fraction of sp³-hybridized carbons (Fsp3) is 0.294. The number of nitrogens with two attached hydrogens (primary N) is 1. The molecule has 1 amide bonds. The van der Waals surface area contributed by atoms with E-state index in [9.17, 15) is 4.79 Å². The van der Waals surface area contributed by atoms with E-state index in [4.69, 9.17) is 5.73 Å². The Balaban J connectivity index is 1.48. The van der Waals surface area contributed by atoms with Crippen LogP contribution in [0, 0.1) is 0 Å². The Morgan fingerprint density at radius 3 is 2.56 bits per heavy atom. The van der Waals surface area contributed by atoms with Crippen LogP contribution in [-0.4, -0.2) is 52.3 Å². The van der Waals surface area contributed by atoms with Gasteiger partial charge in [-0.1, -0.05) is 12.1 Å². The highest BCUT2D eigenvalue weighted by Gasteiger charge is 2.19. The average Bonchev–Trinajstić information content (AvgIpc) is 2.91. The van der Waals surface area contributed by atoms with Crippen molar-refractivity contribution in [2.75, 3.05) is 36.0 Å². The van der Waals surface area contributed by atoms with Crippen molar-refractivity contribution in [3.63, 3.8) is 0 Å². The zero-order valence-corrected chi connectivity index (χ0v) is 13.7. The Kier molecular flexibility index (Phi) is 3.93. The molecule has 3 heterocycles. The second-order valence-electron chi connectivity index (χ2n) is 6.05. The Hall–Kier alpha value is -3.16. The van der Waals surface area contributed by atoms with E-state index < -0.39 is 5.91 Å². The van der Waals surface area contributed by atoms with Crippen molar-refractivity contribution in [3.8, 4) is 0 Å². The molecule has 0 bridgehead atoms. The van der Waals surface area contributed by atoms with Crippen molar-refractivity contribution in [3.05, 3.63) is 42.1 Å². The van der Waals surface area contributed by atoms with Gasteiger partial charge in [0.05, 0.1) is 11.0 Å². The van der Waals surface area contributed by atoms with Gasteiger partial charge in [0.1, 0.15) is 0 Å². The summed E-state index contributed by atoms with van der Waals surface area (Å²) in [5.41, 5.74) is 7.42. The summed E-state index contributed by atoms with van der Waals surface area (Å²) >= 11 is 0. The number of carbonyl (C=O) groups excluding carboxylic acids is 1. The fourth-order valence-electron chi connectivity index (χ4n) is 3.07. The monoisotopic (exact) mass is 337 g/mol. The molecule has 8 nitrogen and oxygen atoms in total. The lowest BCUT2D eigenvalue weighted by Gasteiger charge is -2.22. The molecule has 3 aromatic rings. The molecule has 3 N–H and O–H groups in total. The molecular weight excluding hydrogens is 318 g/mol. The van der Waals surface area contributed by atoms with Crippen molar-refractivity contribution >= 4 is 28.7 Å². The second-order valence-corrected chi connectivity index (χ2v) is 6.05. The van der Waals surface area contributed by atoms with Gasteiger partial charge >= 0.3 is 0 Å². The highest BCUT2D eigenvalue weighted by atomic mass is 16.1. The number of anilines is 2. The summed E-state index contributed by atoms with van der Waals surface area (Å²) in [7, 11) is 0. The number of rotatable bonds is 3. The minimum atomic E-state index is -0.564. The number of aromatic amines is 1. The molecule has 0 spiro atoms. The van der Waals surface area contributed by atoms with E-state index in [0.717, 1.165) is 55.4 Å². The number of H-pyrrole nitrogens is 1. The number of nitrogens with one attached hydrogen (secondary N) is 1. The number of benzene rings is 1. The third-order valence-electron chi connectivity index (χ3n) is 4.40. The van der Waals surface area contributed by atoms with E-state index >= 15 is 0 Å². The summed E-state index contributed by atoms with van der Waals surface area (Å²) in [4.78, 5) is 23.6. The number of carbonyl (C=O) groups is 1. The van der Waals surface area contributed by atoms with E-state index in [1.165, 1.54) is 0 Å². The van der Waals surface area contributed by atoms with Gasteiger partial charge in [-0.3, -0.25) is 4.79 Å². The van der Waals surface area contributed by atoms with Gasteiger partial charge in [-0.15, -0.1) is 10.2 Å². The lowest BCUT2D eigenvalue weighted by atomic mass is 10.3. The van der Waals surface area contributed by atoms with Crippen molar-refractivity contribution in [1.82, 2.24) is 20.2 Å². The summed E-state index contributed by atoms with van der Waals surface area (Å²) in [5.74, 6) is 1.10. The maximum Gasteiger partial charge on any atom is 0.269 e. The van der Waals surface area contributed by atoms with Crippen LogP contribution in [0.3, 0.4) is 0 Å². The maximum absolute atomic E-state index is 11.1. The van der Waals surface area contributed by atoms with E-state index in [0.29, 0.717) is 0 Å². The third kappa shape index (κ3) is 3.10. The molecule has 128 valence electrons. The number of hydrogen-bond donors (Lipinski definition) is 2. The predicted molar refractivity (Wildman–Crippen MR) is 95.7 cm³/mol. The molecule has 0 aliphatic carbocycles. The van der Waals surface area contributed by atoms with Crippen LogP contribution in [0.4, 0.5) is 11.8 Å². The van der Waals surface area contributed by atoms with Crippen molar-refractivity contribution in [2.45, 2.75) is 6.42 Å². The van der Waals surface area contributed by atoms with Crippen molar-refractivity contribution in [2.24, 2.45) is 5.73 Å². The number of nitrogens with zero attached hydrogens (tertiary/aromatic N) is 5. The van der Waals surface area contributed by atoms with Gasteiger partial charge in [-0.05, 0) is 30.7 Å². The highest BCUT2D eigenvalue weighted by molar-refractivity contribution is 5.90. The molecule has 0 atom stereocenters. The molecule has 25 heavy (non-hydrogen) atoms. The Bertz CT molecular complexity index is 856. The molecule has 8 heteroatoms. The largest absolute Gasteiger partial charge is 0.364 e. The molecule has 1 fully saturated rings. The number of aromatic nitrogens is 4.